The second kappa shape index (κ2) is 6.15. The number of para-hydroxylation sites is 1. The Bertz CT molecular complexity index is 729. The first-order valence-electron chi connectivity index (χ1n) is 6.96. The lowest BCUT2D eigenvalue weighted by Crippen LogP contribution is -2.26. The monoisotopic (exact) mass is 315 g/mol. The van der Waals surface area contributed by atoms with Gasteiger partial charge < -0.3 is 10.6 Å². The van der Waals surface area contributed by atoms with Crippen molar-refractivity contribution in [3.8, 4) is 0 Å². The Kier molecular flexibility index (Phi) is 4.06. The quantitative estimate of drug-likeness (QED) is 0.911. The van der Waals surface area contributed by atoms with Crippen molar-refractivity contribution in [1.82, 2.24) is 10.3 Å². The summed E-state index contributed by atoms with van der Waals surface area (Å²) in [5.41, 5.74) is 1.10. The van der Waals surface area contributed by atoms with E-state index in [1.165, 1.54) is 12.3 Å². The molecule has 0 aliphatic heterocycles. The number of benzene rings is 1. The van der Waals surface area contributed by atoms with Gasteiger partial charge >= 0.3 is 0 Å². The molecule has 1 aliphatic rings. The van der Waals surface area contributed by atoms with E-state index in [1.807, 2.05) is 0 Å². The van der Waals surface area contributed by atoms with Crippen molar-refractivity contribution in [2.75, 3.05) is 5.32 Å². The summed E-state index contributed by atoms with van der Waals surface area (Å²) in [5, 5.41) is 6.00. The Balaban J connectivity index is 1.75. The minimum absolute atomic E-state index is 0.170. The molecule has 6 heteroatoms. The third-order valence-corrected chi connectivity index (χ3v) is 3.62. The molecular weight excluding hydrogens is 302 g/mol. The largest absolute Gasteiger partial charge is 0.349 e. The van der Waals surface area contributed by atoms with E-state index in [0.29, 0.717) is 16.3 Å². The van der Waals surface area contributed by atoms with E-state index in [9.17, 15) is 9.59 Å². The maximum atomic E-state index is 12.2. The molecule has 2 aromatic rings. The minimum Gasteiger partial charge on any atom is -0.349 e. The van der Waals surface area contributed by atoms with E-state index in [0.717, 1.165) is 12.8 Å². The molecular formula is C16H14ClN3O2. The van der Waals surface area contributed by atoms with Crippen LogP contribution < -0.4 is 10.6 Å². The van der Waals surface area contributed by atoms with Gasteiger partial charge in [0.05, 0.1) is 10.7 Å². The number of nitrogens with one attached hydrogen (secondary N) is 2. The Labute approximate surface area is 132 Å². The summed E-state index contributed by atoms with van der Waals surface area (Å²) < 4.78 is 0. The number of nitrogens with zero attached hydrogens (tertiary/aromatic N) is 1. The van der Waals surface area contributed by atoms with E-state index < -0.39 is 5.91 Å². The summed E-state index contributed by atoms with van der Waals surface area (Å²) in [4.78, 5) is 28.2. The van der Waals surface area contributed by atoms with Gasteiger partial charge in [-0.3, -0.25) is 14.6 Å². The van der Waals surface area contributed by atoms with Crippen molar-refractivity contribution >= 4 is 29.1 Å². The molecule has 2 amide bonds. The molecule has 0 spiro atoms. The molecule has 1 aliphatic carbocycles. The van der Waals surface area contributed by atoms with Gasteiger partial charge in [0.25, 0.3) is 11.8 Å². The lowest BCUT2D eigenvalue weighted by atomic mass is 10.2. The molecule has 0 atom stereocenters. The fourth-order valence-electron chi connectivity index (χ4n) is 1.94. The zero-order chi connectivity index (χ0) is 15.5. The molecule has 1 aromatic carbocycles. The Morgan fingerprint density at radius 2 is 1.91 bits per heavy atom. The maximum Gasteiger partial charge on any atom is 0.274 e. The number of amides is 2. The van der Waals surface area contributed by atoms with Crippen LogP contribution in [0.1, 0.15) is 33.7 Å². The number of aromatic nitrogens is 1. The van der Waals surface area contributed by atoms with Crippen LogP contribution in [0.25, 0.3) is 0 Å². The molecule has 2 N–H and O–H groups in total. The molecule has 1 fully saturated rings. The zero-order valence-corrected chi connectivity index (χ0v) is 12.4. The minimum atomic E-state index is -0.408. The van der Waals surface area contributed by atoms with E-state index >= 15 is 0 Å². The van der Waals surface area contributed by atoms with Crippen LogP contribution in [0.3, 0.4) is 0 Å². The fourth-order valence-corrected chi connectivity index (χ4v) is 2.12. The van der Waals surface area contributed by atoms with Gasteiger partial charge in [-0.15, -0.1) is 0 Å². The summed E-state index contributed by atoms with van der Waals surface area (Å²) in [6.45, 7) is 0. The second-order valence-corrected chi connectivity index (χ2v) is 5.52. The van der Waals surface area contributed by atoms with Crippen molar-refractivity contribution in [2.24, 2.45) is 0 Å². The van der Waals surface area contributed by atoms with Gasteiger partial charge in [-0.05, 0) is 37.1 Å². The van der Waals surface area contributed by atoms with Crippen LogP contribution in [0.5, 0.6) is 0 Å². The molecule has 0 saturated heterocycles. The number of hydrogen-bond donors (Lipinski definition) is 2. The summed E-state index contributed by atoms with van der Waals surface area (Å²) in [6.07, 6.45) is 3.47. The molecule has 22 heavy (non-hydrogen) atoms. The highest BCUT2D eigenvalue weighted by Crippen LogP contribution is 2.21. The first-order valence-corrected chi connectivity index (χ1v) is 7.34. The summed E-state index contributed by atoms with van der Waals surface area (Å²) >= 11 is 6.00. The highest BCUT2D eigenvalue weighted by atomic mass is 35.5. The van der Waals surface area contributed by atoms with Crippen LogP contribution in [0.4, 0.5) is 5.69 Å². The van der Waals surface area contributed by atoms with Gasteiger partial charge in [-0.1, -0.05) is 23.7 Å². The number of pyridine rings is 1. The van der Waals surface area contributed by atoms with Crippen molar-refractivity contribution < 1.29 is 9.59 Å². The van der Waals surface area contributed by atoms with Crippen LogP contribution in [0.2, 0.25) is 5.02 Å². The van der Waals surface area contributed by atoms with E-state index in [-0.39, 0.29) is 17.6 Å². The van der Waals surface area contributed by atoms with Gasteiger partial charge in [0.15, 0.2) is 0 Å². The molecule has 0 bridgehead atoms. The number of carbonyl (C=O) groups excluding carboxylic acids is 2. The highest BCUT2D eigenvalue weighted by Gasteiger charge is 2.24. The van der Waals surface area contributed by atoms with Gasteiger partial charge in [0.1, 0.15) is 5.69 Å². The second-order valence-electron chi connectivity index (χ2n) is 5.11. The normalized spacial score (nSPS) is 13.5. The van der Waals surface area contributed by atoms with Crippen molar-refractivity contribution in [2.45, 2.75) is 18.9 Å². The Morgan fingerprint density at radius 1 is 1.14 bits per heavy atom. The maximum absolute atomic E-state index is 12.2. The topological polar surface area (TPSA) is 71.1 Å². The van der Waals surface area contributed by atoms with Crippen molar-refractivity contribution in [3.05, 3.63) is 58.9 Å². The highest BCUT2D eigenvalue weighted by molar-refractivity contribution is 6.33. The van der Waals surface area contributed by atoms with Crippen LogP contribution >= 0.6 is 11.6 Å². The molecule has 0 radical (unpaired) electrons. The first-order chi connectivity index (χ1) is 10.6. The van der Waals surface area contributed by atoms with Gasteiger partial charge in [0, 0.05) is 17.8 Å². The van der Waals surface area contributed by atoms with Crippen LogP contribution in [0.15, 0.2) is 42.6 Å². The van der Waals surface area contributed by atoms with Crippen LogP contribution in [-0.2, 0) is 0 Å². The third kappa shape index (κ3) is 3.43. The zero-order valence-electron chi connectivity index (χ0n) is 11.7. The first kappa shape index (κ1) is 14.5. The Hall–Kier alpha value is -2.40. The number of anilines is 1. The van der Waals surface area contributed by atoms with Crippen LogP contribution in [-0.4, -0.2) is 22.8 Å². The number of halogens is 1. The molecule has 1 saturated carbocycles. The standard InChI is InChI=1S/C16H14ClN3O2/c17-12-3-1-2-4-13(12)20-16(22)14-9-10(7-8-18-14)15(21)19-11-5-6-11/h1-4,7-9,11H,5-6H2,(H,19,21)(H,20,22). The SMILES string of the molecule is O=C(NC1CC1)c1ccnc(C(=O)Nc2ccccc2Cl)c1. The molecule has 3 rings (SSSR count). The molecule has 112 valence electrons. The van der Waals surface area contributed by atoms with Crippen molar-refractivity contribution in [3.63, 3.8) is 0 Å². The predicted molar refractivity (Wildman–Crippen MR) is 84.1 cm³/mol. The molecule has 0 unspecified atom stereocenters. The average molecular weight is 316 g/mol. The number of hydrogen-bond acceptors (Lipinski definition) is 3. The summed E-state index contributed by atoms with van der Waals surface area (Å²) in [5.74, 6) is -0.592. The molecule has 1 aromatic heterocycles. The molecule has 5 nitrogen and oxygen atoms in total. The van der Waals surface area contributed by atoms with Gasteiger partial charge in [0.2, 0.25) is 0 Å². The third-order valence-electron chi connectivity index (χ3n) is 3.29. The van der Waals surface area contributed by atoms with Crippen LogP contribution in [0, 0.1) is 0 Å². The lowest BCUT2D eigenvalue weighted by molar-refractivity contribution is 0.0951. The van der Waals surface area contributed by atoms with E-state index in [2.05, 4.69) is 15.6 Å². The predicted octanol–water partition coefficient (Wildman–Crippen LogP) is 2.88. The lowest BCUT2D eigenvalue weighted by Gasteiger charge is -2.08. The smallest absolute Gasteiger partial charge is 0.274 e. The van der Waals surface area contributed by atoms with E-state index in [1.54, 1.807) is 30.3 Å². The van der Waals surface area contributed by atoms with Crippen molar-refractivity contribution in [1.29, 1.82) is 0 Å². The summed E-state index contributed by atoms with van der Waals surface area (Å²) in [6, 6.07) is 10.3. The fraction of sp³-hybridized carbons (Fsp3) is 0.188. The summed E-state index contributed by atoms with van der Waals surface area (Å²) in [7, 11) is 0. The Morgan fingerprint density at radius 3 is 2.64 bits per heavy atom. The van der Waals surface area contributed by atoms with E-state index in [4.69, 9.17) is 11.6 Å². The molecule has 1 heterocycles. The number of carbonyl (C=O) groups is 2. The average Bonchev–Trinajstić information content (AvgIpc) is 3.33. The number of rotatable bonds is 4. The van der Waals surface area contributed by atoms with Gasteiger partial charge in [-0.2, -0.15) is 0 Å². The van der Waals surface area contributed by atoms with Gasteiger partial charge in [-0.25, -0.2) is 0 Å².